The van der Waals surface area contributed by atoms with E-state index in [4.69, 9.17) is 0 Å². The average molecular weight is 239 g/mol. The Morgan fingerprint density at radius 3 is 2.75 bits per heavy atom. The van der Waals surface area contributed by atoms with Crippen LogP contribution in [0.2, 0.25) is 0 Å². The van der Waals surface area contributed by atoms with Gasteiger partial charge in [-0.15, -0.1) is 11.8 Å². The minimum absolute atomic E-state index is 0.127. The van der Waals surface area contributed by atoms with Gasteiger partial charge in [0, 0.05) is 22.7 Å². The van der Waals surface area contributed by atoms with Crippen LogP contribution in [0.5, 0.6) is 0 Å². The predicted octanol–water partition coefficient (Wildman–Crippen LogP) is 3.58. The van der Waals surface area contributed by atoms with E-state index in [1.165, 1.54) is 12.8 Å². The Labute approximate surface area is 101 Å². The van der Waals surface area contributed by atoms with Gasteiger partial charge in [0.05, 0.1) is 0 Å². The van der Waals surface area contributed by atoms with E-state index in [1.54, 1.807) is 23.9 Å². The van der Waals surface area contributed by atoms with Crippen molar-refractivity contribution in [2.45, 2.75) is 49.4 Å². The SMILES string of the molecule is CC(C)Sc1cc(F)cc(CNC2CC2)c1. The van der Waals surface area contributed by atoms with Crippen LogP contribution in [0.25, 0.3) is 0 Å². The molecule has 1 aromatic rings. The van der Waals surface area contributed by atoms with Crippen LogP contribution in [0.15, 0.2) is 23.1 Å². The van der Waals surface area contributed by atoms with E-state index in [0.717, 1.165) is 17.0 Å². The summed E-state index contributed by atoms with van der Waals surface area (Å²) in [6, 6.07) is 6.00. The lowest BCUT2D eigenvalue weighted by molar-refractivity contribution is 0.615. The Balaban J connectivity index is 2.01. The van der Waals surface area contributed by atoms with Gasteiger partial charge in [0.1, 0.15) is 5.82 Å². The summed E-state index contributed by atoms with van der Waals surface area (Å²) < 4.78 is 13.4. The van der Waals surface area contributed by atoms with Crippen molar-refractivity contribution in [1.29, 1.82) is 0 Å². The number of hydrogen-bond acceptors (Lipinski definition) is 2. The first-order valence-electron chi connectivity index (χ1n) is 5.83. The smallest absolute Gasteiger partial charge is 0.124 e. The normalized spacial score (nSPS) is 15.8. The van der Waals surface area contributed by atoms with Crippen LogP contribution in [0.4, 0.5) is 4.39 Å². The molecule has 0 heterocycles. The molecule has 2 rings (SSSR count). The molecule has 1 aliphatic rings. The van der Waals surface area contributed by atoms with E-state index in [-0.39, 0.29) is 5.82 Å². The number of thioether (sulfide) groups is 1. The van der Waals surface area contributed by atoms with Crippen LogP contribution in [-0.2, 0) is 6.54 Å². The standard InChI is InChI=1S/C13H18FNS/c1-9(2)16-13-6-10(5-11(14)7-13)8-15-12-3-4-12/h5-7,9,12,15H,3-4,8H2,1-2H3. The highest BCUT2D eigenvalue weighted by Gasteiger charge is 2.20. The molecule has 88 valence electrons. The number of nitrogens with one attached hydrogen (secondary N) is 1. The zero-order chi connectivity index (χ0) is 11.5. The largest absolute Gasteiger partial charge is 0.310 e. The average Bonchev–Trinajstić information content (AvgIpc) is 2.95. The van der Waals surface area contributed by atoms with Crippen LogP contribution >= 0.6 is 11.8 Å². The van der Waals surface area contributed by atoms with Crippen molar-refractivity contribution in [3.8, 4) is 0 Å². The van der Waals surface area contributed by atoms with Crippen molar-refractivity contribution in [2.24, 2.45) is 0 Å². The summed E-state index contributed by atoms with van der Waals surface area (Å²) >= 11 is 1.71. The molecule has 16 heavy (non-hydrogen) atoms. The third-order valence-electron chi connectivity index (χ3n) is 2.48. The first-order chi connectivity index (χ1) is 7.63. The fourth-order valence-corrected chi connectivity index (χ4v) is 2.56. The maximum Gasteiger partial charge on any atom is 0.124 e. The van der Waals surface area contributed by atoms with Gasteiger partial charge in [-0.05, 0) is 36.6 Å². The predicted molar refractivity (Wildman–Crippen MR) is 67.3 cm³/mol. The second-order valence-electron chi connectivity index (χ2n) is 4.62. The lowest BCUT2D eigenvalue weighted by atomic mass is 10.2. The molecule has 0 spiro atoms. The first kappa shape index (κ1) is 11.9. The van der Waals surface area contributed by atoms with E-state index in [2.05, 4.69) is 25.2 Å². The highest BCUT2D eigenvalue weighted by Crippen LogP contribution is 2.25. The Kier molecular flexibility index (Phi) is 3.87. The molecule has 1 fully saturated rings. The van der Waals surface area contributed by atoms with Crippen LogP contribution in [0, 0.1) is 5.82 Å². The van der Waals surface area contributed by atoms with Crippen molar-refractivity contribution in [3.05, 3.63) is 29.6 Å². The van der Waals surface area contributed by atoms with Crippen LogP contribution in [-0.4, -0.2) is 11.3 Å². The molecular weight excluding hydrogens is 221 g/mol. The maximum absolute atomic E-state index is 13.4. The lowest BCUT2D eigenvalue weighted by Crippen LogP contribution is -2.15. The number of rotatable bonds is 5. The monoisotopic (exact) mass is 239 g/mol. The van der Waals surface area contributed by atoms with Crippen molar-refractivity contribution < 1.29 is 4.39 Å². The minimum atomic E-state index is -0.127. The van der Waals surface area contributed by atoms with Crippen LogP contribution < -0.4 is 5.32 Å². The molecule has 0 amide bonds. The molecule has 0 atom stereocenters. The molecule has 3 heteroatoms. The van der Waals surface area contributed by atoms with E-state index >= 15 is 0 Å². The van der Waals surface area contributed by atoms with Crippen molar-refractivity contribution in [1.82, 2.24) is 5.32 Å². The highest BCUT2D eigenvalue weighted by atomic mass is 32.2. The Morgan fingerprint density at radius 2 is 2.12 bits per heavy atom. The van der Waals surface area contributed by atoms with Gasteiger partial charge >= 0.3 is 0 Å². The molecular formula is C13H18FNS. The molecule has 1 saturated carbocycles. The lowest BCUT2D eigenvalue weighted by Gasteiger charge is -2.08. The van der Waals surface area contributed by atoms with E-state index in [0.29, 0.717) is 11.3 Å². The molecule has 0 aliphatic heterocycles. The second-order valence-corrected chi connectivity index (χ2v) is 6.27. The summed E-state index contributed by atoms with van der Waals surface area (Å²) in [6.07, 6.45) is 2.53. The summed E-state index contributed by atoms with van der Waals surface area (Å²) in [6.45, 7) is 5.03. The van der Waals surface area contributed by atoms with Gasteiger partial charge in [0.2, 0.25) is 0 Å². The Morgan fingerprint density at radius 1 is 1.38 bits per heavy atom. The maximum atomic E-state index is 13.4. The number of benzene rings is 1. The van der Waals surface area contributed by atoms with Gasteiger partial charge in [-0.3, -0.25) is 0 Å². The topological polar surface area (TPSA) is 12.0 Å². The van der Waals surface area contributed by atoms with E-state index in [1.807, 2.05) is 0 Å². The number of halogens is 1. The minimum Gasteiger partial charge on any atom is -0.310 e. The summed E-state index contributed by atoms with van der Waals surface area (Å²) in [5.41, 5.74) is 1.05. The van der Waals surface area contributed by atoms with Gasteiger partial charge in [0.15, 0.2) is 0 Å². The van der Waals surface area contributed by atoms with Gasteiger partial charge in [-0.2, -0.15) is 0 Å². The van der Waals surface area contributed by atoms with Crippen LogP contribution in [0.3, 0.4) is 0 Å². The molecule has 1 nitrogen and oxygen atoms in total. The third kappa shape index (κ3) is 3.80. The Hall–Kier alpha value is -0.540. The summed E-state index contributed by atoms with van der Waals surface area (Å²) in [5, 5.41) is 3.90. The molecule has 0 unspecified atom stereocenters. The van der Waals surface area contributed by atoms with Gasteiger partial charge < -0.3 is 5.32 Å². The van der Waals surface area contributed by atoms with Crippen LogP contribution in [0.1, 0.15) is 32.3 Å². The first-order valence-corrected chi connectivity index (χ1v) is 6.71. The molecule has 0 bridgehead atoms. The van der Waals surface area contributed by atoms with Crippen molar-refractivity contribution in [3.63, 3.8) is 0 Å². The van der Waals surface area contributed by atoms with Gasteiger partial charge in [-0.1, -0.05) is 13.8 Å². The highest BCUT2D eigenvalue weighted by molar-refractivity contribution is 7.99. The zero-order valence-corrected chi connectivity index (χ0v) is 10.6. The van der Waals surface area contributed by atoms with E-state index < -0.39 is 0 Å². The van der Waals surface area contributed by atoms with E-state index in [9.17, 15) is 4.39 Å². The molecule has 0 radical (unpaired) electrons. The molecule has 0 saturated heterocycles. The Bertz CT molecular complexity index is 361. The second kappa shape index (κ2) is 5.19. The van der Waals surface area contributed by atoms with Crippen molar-refractivity contribution in [2.75, 3.05) is 0 Å². The molecule has 1 aromatic carbocycles. The summed E-state index contributed by atoms with van der Waals surface area (Å²) in [7, 11) is 0. The fraction of sp³-hybridized carbons (Fsp3) is 0.538. The summed E-state index contributed by atoms with van der Waals surface area (Å²) in [4.78, 5) is 1.03. The van der Waals surface area contributed by atoms with Crippen molar-refractivity contribution >= 4 is 11.8 Å². The molecule has 1 N–H and O–H groups in total. The molecule has 0 aromatic heterocycles. The van der Waals surface area contributed by atoms with Gasteiger partial charge in [-0.25, -0.2) is 4.39 Å². The van der Waals surface area contributed by atoms with Gasteiger partial charge in [0.25, 0.3) is 0 Å². The summed E-state index contributed by atoms with van der Waals surface area (Å²) in [5.74, 6) is -0.127. The molecule has 1 aliphatic carbocycles. The third-order valence-corrected chi connectivity index (χ3v) is 3.45. The zero-order valence-electron chi connectivity index (χ0n) is 9.79. The number of hydrogen-bond donors (Lipinski definition) is 1. The quantitative estimate of drug-likeness (QED) is 0.788. The fourth-order valence-electron chi connectivity index (χ4n) is 1.61.